The predicted molar refractivity (Wildman–Crippen MR) is 201 cm³/mol. The van der Waals surface area contributed by atoms with Gasteiger partial charge in [0.15, 0.2) is 19.7 Å². The molecule has 0 aromatic heterocycles. The topological polar surface area (TPSA) is 120 Å². The Kier molecular flexibility index (Phi) is 9.38. The van der Waals surface area contributed by atoms with Crippen molar-refractivity contribution in [1.82, 2.24) is 4.90 Å². The van der Waals surface area contributed by atoms with Crippen molar-refractivity contribution in [3.05, 3.63) is 126 Å². The summed E-state index contributed by atoms with van der Waals surface area (Å²) in [5, 5.41) is 9.87. The van der Waals surface area contributed by atoms with Crippen molar-refractivity contribution in [3.63, 3.8) is 0 Å². The molecule has 1 saturated heterocycles. The van der Waals surface area contributed by atoms with E-state index in [1.165, 1.54) is 0 Å². The summed E-state index contributed by atoms with van der Waals surface area (Å²) in [6, 6.07) is 29.4. The van der Waals surface area contributed by atoms with Crippen molar-refractivity contribution in [2.24, 2.45) is 5.92 Å². The highest BCUT2D eigenvalue weighted by molar-refractivity contribution is 6.71. The van der Waals surface area contributed by atoms with E-state index in [0.29, 0.717) is 46.2 Å². The van der Waals surface area contributed by atoms with E-state index >= 15 is 0 Å². The molecule has 4 aromatic rings. The zero-order valence-electron chi connectivity index (χ0n) is 29.6. The standard InChI is InChI=1S/C41H43N3O7Si/c1-5-21-43-32-20-19-29(44-33-16-10-12-18-35(33)50-34-17-11-9-15-30(34)39(44)47)24-31(32)41(40(43)48)27(2)38(52(3,4)49)36(51-41)25-37(46)42(22-23-45)26-28-13-7-6-8-14-28/h5-20,24,27,36,38,45,49H,1,21-23,25-26H2,2-4H3/t27-,36+,38-,41+/m0/s1. The van der Waals surface area contributed by atoms with Gasteiger partial charge in [0.1, 0.15) is 5.75 Å². The maximum absolute atomic E-state index is 14.8. The molecule has 0 aliphatic carbocycles. The Bertz CT molecular complexity index is 2030. The average Bonchev–Trinajstić information content (AvgIpc) is 3.50. The summed E-state index contributed by atoms with van der Waals surface area (Å²) in [4.78, 5) is 59.8. The predicted octanol–water partition coefficient (Wildman–Crippen LogP) is 6.51. The van der Waals surface area contributed by atoms with Crippen LogP contribution in [0.5, 0.6) is 11.5 Å². The van der Waals surface area contributed by atoms with Crippen LogP contribution < -0.4 is 14.5 Å². The number of carbonyl (C=O) groups excluding carboxylic acids is 3. The van der Waals surface area contributed by atoms with E-state index in [1.54, 1.807) is 39.0 Å². The van der Waals surface area contributed by atoms with Crippen molar-refractivity contribution < 1.29 is 33.8 Å². The van der Waals surface area contributed by atoms with Crippen LogP contribution in [0.3, 0.4) is 0 Å². The van der Waals surface area contributed by atoms with Gasteiger partial charge in [-0.2, -0.15) is 0 Å². The first-order valence-corrected chi connectivity index (χ1v) is 20.6. The molecule has 3 heterocycles. The molecular weight excluding hydrogens is 675 g/mol. The van der Waals surface area contributed by atoms with Crippen LogP contribution >= 0.6 is 0 Å². The first-order valence-electron chi connectivity index (χ1n) is 17.6. The van der Waals surface area contributed by atoms with Crippen molar-refractivity contribution in [2.45, 2.75) is 50.2 Å². The first kappa shape index (κ1) is 35.3. The Hall–Kier alpha value is -5.07. The number of ether oxygens (including phenoxy) is 2. The lowest BCUT2D eigenvalue weighted by Crippen LogP contribution is -2.46. The molecule has 11 heteroatoms. The highest BCUT2D eigenvalue weighted by Gasteiger charge is 2.66. The lowest BCUT2D eigenvalue weighted by molar-refractivity contribution is -0.149. The number of anilines is 3. The molecule has 2 N–H and O–H groups in total. The summed E-state index contributed by atoms with van der Waals surface area (Å²) < 4.78 is 13.2. The van der Waals surface area contributed by atoms with Gasteiger partial charge in [-0.05, 0) is 61.1 Å². The van der Waals surface area contributed by atoms with E-state index in [-0.39, 0.29) is 43.8 Å². The second-order valence-corrected chi connectivity index (χ2v) is 18.2. The lowest BCUT2D eigenvalue weighted by Gasteiger charge is -2.33. The van der Waals surface area contributed by atoms with Crippen LogP contribution in [-0.4, -0.2) is 66.6 Å². The van der Waals surface area contributed by atoms with Crippen molar-refractivity contribution in [1.29, 1.82) is 0 Å². The molecule has 7 rings (SSSR count). The third-order valence-corrected chi connectivity index (χ3v) is 13.0. The lowest BCUT2D eigenvalue weighted by atomic mass is 9.82. The molecular formula is C41H43N3O7Si. The highest BCUT2D eigenvalue weighted by Crippen LogP contribution is 2.60. The fourth-order valence-corrected chi connectivity index (χ4v) is 10.9. The zero-order chi connectivity index (χ0) is 36.8. The zero-order valence-corrected chi connectivity index (χ0v) is 30.6. The summed E-state index contributed by atoms with van der Waals surface area (Å²) >= 11 is 0. The molecule has 1 fully saturated rings. The molecule has 3 aliphatic rings. The van der Waals surface area contributed by atoms with Gasteiger partial charge in [-0.3, -0.25) is 19.3 Å². The SMILES string of the molecule is C=CCN1C(=O)[C@]2(O[C@H](CC(=O)N(CCO)Cc3ccccc3)[C@@H]([Si](C)(C)O)[C@@H]2C)c2cc(N3C(=O)c4ccccc4Oc4ccccc43)ccc21. The summed E-state index contributed by atoms with van der Waals surface area (Å²) in [6.07, 6.45) is 0.767. The average molecular weight is 718 g/mol. The molecule has 0 saturated carbocycles. The molecule has 3 amide bonds. The van der Waals surface area contributed by atoms with Crippen LogP contribution in [0.2, 0.25) is 18.6 Å². The fourth-order valence-electron chi connectivity index (χ4n) is 8.30. The van der Waals surface area contributed by atoms with Gasteiger partial charge in [0.2, 0.25) is 5.91 Å². The maximum Gasteiger partial charge on any atom is 0.266 e. The van der Waals surface area contributed by atoms with Gasteiger partial charge < -0.3 is 29.2 Å². The molecule has 268 valence electrons. The molecule has 0 bridgehead atoms. The van der Waals surface area contributed by atoms with Gasteiger partial charge in [0.05, 0.1) is 36.1 Å². The number of amides is 3. The summed E-state index contributed by atoms with van der Waals surface area (Å²) in [7, 11) is -3.10. The Balaban J connectivity index is 1.32. The normalized spacial score (nSPS) is 22.1. The smallest absolute Gasteiger partial charge is 0.266 e. The monoisotopic (exact) mass is 717 g/mol. The van der Waals surface area contributed by atoms with E-state index in [4.69, 9.17) is 9.47 Å². The van der Waals surface area contributed by atoms with Crippen molar-refractivity contribution in [2.75, 3.05) is 29.5 Å². The quantitative estimate of drug-likeness (QED) is 0.142. The number of fused-ring (bicyclic) bond motifs is 4. The minimum Gasteiger partial charge on any atom is -0.454 e. The number of nitrogens with zero attached hydrogens (tertiary/aromatic N) is 3. The number of hydrogen-bond acceptors (Lipinski definition) is 7. The second-order valence-electron chi connectivity index (χ2n) is 14.2. The van der Waals surface area contributed by atoms with E-state index in [0.717, 1.165) is 5.56 Å². The van der Waals surface area contributed by atoms with E-state index in [9.17, 15) is 24.3 Å². The Morgan fingerprint density at radius 1 is 0.962 bits per heavy atom. The van der Waals surface area contributed by atoms with Gasteiger partial charge in [-0.15, -0.1) is 6.58 Å². The molecule has 52 heavy (non-hydrogen) atoms. The maximum atomic E-state index is 14.8. The van der Waals surface area contributed by atoms with E-state index in [1.807, 2.05) is 98.9 Å². The summed E-state index contributed by atoms with van der Waals surface area (Å²) in [5.41, 5.74) is 1.46. The highest BCUT2D eigenvalue weighted by atomic mass is 28.4. The summed E-state index contributed by atoms with van der Waals surface area (Å²) in [6.45, 7) is 9.86. The number of rotatable bonds is 10. The molecule has 4 aromatic carbocycles. The van der Waals surface area contributed by atoms with Crippen LogP contribution in [0, 0.1) is 5.92 Å². The van der Waals surface area contributed by atoms with E-state index in [2.05, 4.69) is 6.58 Å². The molecule has 0 unspecified atom stereocenters. The summed E-state index contributed by atoms with van der Waals surface area (Å²) in [5.74, 6) is -0.449. The first-order chi connectivity index (χ1) is 25.0. The Labute approximate surface area is 304 Å². The number of para-hydroxylation sites is 3. The fraction of sp³-hybridized carbons (Fsp3) is 0.293. The number of aliphatic hydroxyl groups excluding tert-OH is 1. The van der Waals surface area contributed by atoms with Crippen LogP contribution in [-0.2, 0) is 26.5 Å². The van der Waals surface area contributed by atoms with Crippen LogP contribution in [0.25, 0.3) is 0 Å². The number of benzene rings is 4. The molecule has 0 radical (unpaired) electrons. The van der Waals surface area contributed by atoms with Crippen LogP contribution in [0.15, 0.2) is 110 Å². The third kappa shape index (κ3) is 5.93. The number of carbonyl (C=O) groups is 3. The largest absolute Gasteiger partial charge is 0.454 e. The molecule has 10 nitrogen and oxygen atoms in total. The van der Waals surface area contributed by atoms with Crippen molar-refractivity contribution >= 4 is 43.1 Å². The van der Waals surface area contributed by atoms with Crippen LogP contribution in [0.4, 0.5) is 17.1 Å². The van der Waals surface area contributed by atoms with Gasteiger partial charge in [-0.25, -0.2) is 0 Å². The van der Waals surface area contributed by atoms with Gasteiger partial charge in [-0.1, -0.05) is 67.6 Å². The number of aliphatic hydroxyl groups is 1. The minimum atomic E-state index is -3.10. The van der Waals surface area contributed by atoms with Gasteiger partial charge in [0, 0.05) is 42.3 Å². The number of hydrogen-bond donors (Lipinski definition) is 2. The Morgan fingerprint density at radius 3 is 2.37 bits per heavy atom. The second kappa shape index (κ2) is 13.8. The molecule has 1 spiro atoms. The molecule has 4 atom stereocenters. The van der Waals surface area contributed by atoms with Gasteiger partial charge >= 0.3 is 0 Å². The van der Waals surface area contributed by atoms with Gasteiger partial charge in [0.25, 0.3) is 11.8 Å². The van der Waals surface area contributed by atoms with Crippen molar-refractivity contribution in [3.8, 4) is 11.5 Å². The van der Waals surface area contributed by atoms with E-state index < -0.39 is 31.5 Å². The Morgan fingerprint density at radius 2 is 1.65 bits per heavy atom. The third-order valence-electron chi connectivity index (χ3n) is 10.5. The molecule has 3 aliphatic heterocycles. The van der Waals surface area contributed by atoms with Crippen LogP contribution in [0.1, 0.15) is 34.8 Å². The minimum absolute atomic E-state index is 0.0869.